The number of carbonyl (C=O) groups excluding carboxylic acids is 1. The Bertz CT molecular complexity index is 596. The van der Waals surface area contributed by atoms with Gasteiger partial charge in [0.15, 0.2) is 0 Å². The fourth-order valence-corrected chi connectivity index (χ4v) is 1.92. The minimum atomic E-state index is -0.229. The summed E-state index contributed by atoms with van der Waals surface area (Å²) in [7, 11) is 0. The summed E-state index contributed by atoms with van der Waals surface area (Å²) in [5, 5.41) is 0.969. The van der Waals surface area contributed by atoms with Gasteiger partial charge in [-0.15, -0.1) is 0 Å². The Kier molecular flexibility index (Phi) is 4.47. The maximum Gasteiger partial charge on any atom is 0.234 e. The summed E-state index contributed by atoms with van der Waals surface area (Å²) in [5.74, 6) is 6.17. The highest BCUT2D eigenvalue weighted by molar-refractivity contribution is 6.42. The van der Waals surface area contributed by atoms with Crippen LogP contribution in [0, 0.1) is 0 Å². The van der Waals surface area contributed by atoms with Crippen LogP contribution in [0.5, 0.6) is 0 Å². The third-order valence-electron chi connectivity index (χ3n) is 2.63. The van der Waals surface area contributed by atoms with Gasteiger partial charge in [-0.2, -0.15) is 0 Å². The minimum absolute atomic E-state index is 0.229. The SMILES string of the molecule is NNC(=O)CCc1ccc(-c2ccc(Cl)c(Cl)c2)o1. The van der Waals surface area contributed by atoms with Gasteiger partial charge in [0.25, 0.3) is 0 Å². The van der Waals surface area contributed by atoms with Crippen molar-refractivity contribution >= 4 is 29.1 Å². The third-order valence-corrected chi connectivity index (χ3v) is 3.36. The maximum absolute atomic E-state index is 11.0. The van der Waals surface area contributed by atoms with Gasteiger partial charge in [-0.1, -0.05) is 23.2 Å². The molecule has 0 fully saturated rings. The molecule has 0 bridgehead atoms. The summed E-state index contributed by atoms with van der Waals surface area (Å²) in [6.07, 6.45) is 0.773. The van der Waals surface area contributed by atoms with E-state index in [-0.39, 0.29) is 12.3 Å². The predicted octanol–water partition coefficient (Wildman–Crippen LogP) is 3.18. The van der Waals surface area contributed by atoms with Gasteiger partial charge in [0.05, 0.1) is 10.0 Å². The molecule has 19 heavy (non-hydrogen) atoms. The van der Waals surface area contributed by atoms with Crippen LogP contribution in [0.1, 0.15) is 12.2 Å². The van der Waals surface area contributed by atoms with Crippen molar-refractivity contribution < 1.29 is 9.21 Å². The summed E-state index contributed by atoms with van der Waals surface area (Å²) in [4.78, 5) is 11.0. The minimum Gasteiger partial charge on any atom is -0.461 e. The largest absolute Gasteiger partial charge is 0.461 e. The molecule has 3 N–H and O–H groups in total. The summed E-state index contributed by atoms with van der Waals surface area (Å²) >= 11 is 11.8. The summed E-state index contributed by atoms with van der Waals surface area (Å²) in [6, 6.07) is 8.92. The standard InChI is InChI=1S/C13H12Cl2N2O2/c14-10-4-1-8(7-11(10)15)12-5-2-9(19-12)3-6-13(18)17-16/h1-2,4-5,7H,3,6,16H2,(H,17,18). The van der Waals surface area contributed by atoms with E-state index < -0.39 is 0 Å². The van der Waals surface area contributed by atoms with Crippen molar-refractivity contribution in [2.45, 2.75) is 12.8 Å². The van der Waals surface area contributed by atoms with E-state index in [2.05, 4.69) is 5.43 Å². The average molecular weight is 299 g/mol. The number of nitrogens with two attached hydrogens (primary N) is 1. The lowest BCUT2D eigenvalue weighted by Gasteiger charge is -2.00. The van der Waals surface area contributed by atoms with Crippen molar-refractivity contribution in [2.75, 3.05) is 0 Å². The normalized spacial score (nSPS) is 10.5. The number of hydrogen-bond donors (Lipinski definition) is 2. The molecule has 1 amide bonds. The van der Waals surface area contributed by atoms with Gasteiger partial charge >= 0.3 is 0 Å². The van der Waals surface area contributed by atoms with Crippen molar-refractivity contribution in [3.8, 4) is 11.3 Å². The quantitative estimate of drug-likeness (QED) is 0.517. The van der Waals surface area contributed by atoms with E-state index in [0.717, 1.165) is 5.56 Å². The van der Waals surface area contributed by atoms with Crippen molar-refractivity contribution in [2.24, 2.45) is 5.84 Å². The predicted molar refractivity (Wildman–Crippen MR) is 74.8 cm³/mol. The first-order chi connectivity index (χ1) is 9.10. The first kappa shape index (κ1) is 13.9. The highest BCUT2D eigenvalue weighted by atomic mass is 35.5. The molecule has 0 aliphatic carbocycles. The third kappa shape index (κ3) is 3.50. The second-order valence-corrected chi connectivity index (χ2v) is 4.78. The fourth-order valence-electron chi connectivity index (χ4n) is 1.63. The number of halogens is 2. The van der Waals surface area contributed by atoms with E-state index in [1.807, 2.05) is 18.2 Å². The first-order valence-electron chi connectivity index (χ1n) is 5.63. The zero-order valence-electron chi connectivity index (χ0n) is 9.95. The van der Waals surface area contributed by atoms with Gasteiger partial charge in [-0.3, -0.25) is 10.2 Å². The van der Waals surface area contributed by atoms with Crippen molar-refractivity contribution in [1.82, 2.24) is 5.43 Å². The number of furan rings is 1. The number of carbonyl (C=O) groups is 1. The zero-order valence-corrected chi connectivity index (χ0v) is 11.5. The topological polar surface area (TPSA) is 68.3 Å². The molecule has 1 aromatic carbocycles. The summed E-state index contributed by atoms with van der Waals surface area (Å²) in [6.45, 7) is 0. The molecular weight excluding hydrogens is 287 g/mol. The molecule has 6 heteroatoms. The van der Waals surface area contributed by atoms with Gasteiger partial charge in [0.2, 0.25) is 5.91 Å². The van der Waals surface area contributed by atoms with Gasteiger partial charge < -0.3 is 4.42 Å². The Morgan fingerprint density at radius 2 is 2.00 bits per heavy atom. The van der Waals surface area contributed by atoms with E-state index in [0.29, 0.717) is 28.0 Å². The molecule has 0 aliphatic rings. The Hall–Kier alpha value is -1.49. The molecule has 1 aromatic heterocycles. The Balaban J connectivity index is 2.12. The van der Waals surface area contributed by atoms with E-state index in [9.17, 15) is 4.79 Å². The van der Waals surface area contributed by atoms with Crippen LogP contribution >= 0.6 is 23.2 Å². The molecule has 2 aromatic rings. The highest BCUT2D eigenvalue weighted by Gasteiger charge is 2.08. The number of aryl methyl sites for hydroxylation is 1. The number of amides is 1. The lowest BCUT2D eigenvalue weighted by atomic mass is 10.2. The zero-order chi connectivity index (χ0) is 13.8. The van der Waals surface area contributed by atoms with E-state index in [4.69, 9.17) is 33.5 Å². The molecule has 0 aliphatic heterocycles. The smallest absolute Gasteiger partial charge is 0.234 e. The van der Waals surface area contributed by atoms with Crippen molar-refractivity contribution in [1.29, 1.82) is 0 Å². The monoisotopic (exact) mass is 298 g/mol. The molecule has 0 spiro atoms. The summed E-state index contributed by atoms with van der Waals surface area (Å²) < 4.78 is 5.64. The lowest BCUT2D eigenvalue weighted by molar-refractivity contribution is -0.121. The first-order valence-corrected chi connectivity index (χ1v) is 6.39. The van der Waals surface area contributed by atoms with Crippen molar-refractivity contribution in [3.05, 3.63) is 46.1 Å². The molecule has 0 radical (unpaired) electrons. The van der Waals surface area contributed by atoms with Crippen LogP contribution in [0.25, 0.3) is 11.3 Å². The molecule has 0 unspecified atom stereocenters. The number of benzene rings is 1. The molecule has 0 saturated heterocycles. The van der Waals surface area contributed by atoms with Gasteiger partial charge in [0, 0.05) is 18.4 Å². The average Bonchev–Trinajstić information content (AvgIpc) is 2.88. The molecule has 4 nitrogen and oxygen atoms in total. The van der Waals surface area contributed by atoms with Gasteiger partial charge in [-0.25, -0.2) is 5.84 Å². The van der Waals surface area contributed by atoms with Gasteiger partial charge in [0.1, 0.15) is 11.5 Å². The Morgan fingerprint density at radius 1 is 1.21 bits per heavy atom. The Morgan fingerprint density at radius 3 is 2.68 bits per heavy atom. The van der Waals surface area contributed by atoms with E-state index >= 15 is 0 Å². The van der Waals surface area contributed by atoms with Crippen LogP contribution in [-0.4, -0.2) is 5.91 Å². The Labute approximate surface area is 120 Å². The number of rotatable bonds is 4. The highest BCUT2D eigenvalue weighted by Crippen LogP contribution is 2.29. The fraction of sp³-hybridized carbons (Fsp3) is 0.154. The second kappa shape index (κ2) is 6.10. The van der Waals surface area contributed by atoms with Crippen LogP contribution in [0.4, 0.5) is 0 Å². The molecular formula is C13H12Cl2N2O2. The van der Waals surface area contributed by atoms with E-state index in [1.54, 1.807) is 12.1 Å². The molecule has 0 saturated carbocycles. The van der Waals surface area contributed by atoms with Gasteiger partial charge in [-0.05, 0) is 30.3 Å². The number of hydrazine groups is 1. The van der Waals surface area contributed by atoms with Crippen LogP contribution in [-0.2, 0) is 11.2 Å². The lowest BCUT2D eigenvalue weighted by Crippen LogP contribution is -2.30. The van der Waals surface area contributed by atoms with E-state index in [1.165, 1.54) is 0 Å². The maximum atomic E-state index is 11.0. The summed E-state index contributed by atoms with van der Waals surface area (Å²) in [5.41, 5.74) is 2.91. The number of hydrogen-bond acceptors (Lipinski definition) is 3. The van der Waals surface area contributed by atoms with Crippen LogP contribution in [0.3, 0.4) is 0 Å². The van der Waals surface area contributed by atoms with Crippen LogP contribution in [0.2, 0.25) is 10.0 Å². The van der Waals surface area contributed by atoms with Crippen LogP contribution < -0.4 is 11.3 Å². The molecule has 0 atom stereocenters. The van der Waals surface area contributed by atoms with Crippen LogP contribution in [0.15, 0.2) is 34.7 Å². The van der Waals surface area contributed by atoms with Crippen molar-refractivity contribution in [3.63, 3.8) is 0 Å². The molecule has 1 heterocycles. The second-order valence-electron chi connectivity index (χ2n) is 3.96. The molecule has 2 rings (SSSR count). The molecule has 100 valence electrons. The number of nitrogens with one attached hydrogen (secondary N) is 1.